The third-order valence-electron chi connectivity index (χ3n) is 4.73. The summed E-state index contributed by atoms with van der Waals surface area (Å²) in [6, 6.07) is 17.3. The van der Waals surface area contributed by atoms with Crippen molar-refractivity contribution in [3.8, 4) is 28.7 Å². The molecule has 0 fully saturated rings. The summed E-state index contributed by atoms with van der Waals surface area (Å²) in [5.74, 6) is 1.87. The number of hydrogen-bond acceptors (Lipinski definition) is 6. The Labute approximate surface area is 186 Å². The fraction of sp³-hybridized carbons (Fsp3) is 0.250. The van der Waals surface area contributed by atoms with Crippen LogP contribution in [0.4, 0.5) is 0 Å². The van der Waals surface area contributed by atoms with Gasteiger partial charge in [0.05, 0.1) is 0 Å². The van der Waals surface area contributed by atoms with Crippen LogP contribution in [0.5, 0.6) is 5.88 Å². The predicted molar refractivity (Wildman–Crippen MR) is 120 cm³/mol. The van der Waals surface area contributed by atoms with Crippen LogP contribution in [0.3, 0.4) is 0 Å². The van der Waals surface area contributed by atoms with Gasteiger partial charge >= 0.3 is 0 Å². The van der Waals surface area contributed by atoms with Gasteiger partial charge < -0.3 is 9.26 Å². The second kappa shape index (κ2) is 8.47. The van der Waals surface area contributed by atoms with Gasteiger partial charge in [0.1, 0.15) is 0 Å². The molecule has 31 heavy (non-hydrogen) atoms. The predicted octanol–water partition coefficient (Wildman–Crippen LogP) is 6.03. The largest absolute Gasteiger partial charge is 0.467 e. The van der Waals surface area contributed by atoms with E-state index < -0.39 is 0 Å². The molecule has 4 aromatic rings. The van der Waals surface area contributed by atoms with E-state index in [4.69, 9.17) is 20.9 Å². The van der Waals surface area contributed by atoms with Gasteiger partial charge in [0, 0.05) is 27.9 Å². The topological polar surface area (TPSA) is 73.9 Å². The van der Waals surface area contributed by atoms with Crippen LogP contribution < -0.4 is 4.74 Å². The fourth-order valence-corrected chi connectivity index (χ4v) is 3.25. The van der Waals surface area contributed by atoms with E-state index >= 15 is 0 Å². The first-order valence-corrected chi connectivity index (χ1v) is 10.3. The molecular weight excluding hydrogens is 412 g/mol. The summed E-state index contributed by atoms with van der Waals surface area (Å²) in [6.07, 6.45) is 0. The van der Waals surface area contributed by atoms with Crippen molar-refractivity contribution in [3.63, 3.8) is 0 Å². The third kappa shape index (κ3) is 5.09. The van der Waals surface area contributed by atoms with Gasteiger partial charge in [-0.15, -0.1) is 0 Å². The van der Waals surface area contributed by atoms with Gasteiger partial charge in [-0.1, -0.05) is 73.9 Å². The molecule has 6 nitrogen and oxygen atoms in total. The van der Waals surface area contributed by atoms with E-state index in [1.54, 1.807) is 6.07 Å². The van der Waals surface area contributed by atoms with Gasteiger partial charge in [0.25, 0.3) is 5.89 Å². The number of aryl methyl sites for hydroxylation is 1. The normalized spacial score (nSPS) is 11.5. The van der Waals surface area contributed by atoms with Gasteiger partial charge in [0.15, 0.2) is 12.4 Å². The minimum Gasteiger partial charge on any atom is -0.467 e. The van der Waals surface area contributed by atoms with Crippen LogP contribution in [-0.2, 0) is 12.0 Å². The number of hydrogen-bond donors (Lipinski definition) is 0. The summed E-state index contributed by atoms with van der Waals surface area (Å²) in [7, 11) is 0. The van der Waals surface area contributed by atoms with Crippen molar-refractivity contribution in [2.24, 2.45) is 0 Å². The van der Waals surface area contributed by atoms with Crippen LogP contribution in [-0.4, -0.2) is 20.1 Å². The van der Waals surface area contributed by atoms with E-state index in [0.717, 1.165) is 16.8 Å². The Morgan fingerprint density at radius 2 is 1.68 bits per heavy atom. The van der Waals surface area contributed by atoms with Crippen molar-refractivity contribution in [1.82, 2.24) is 20.1 Å². The maximum atomic E-state index is 6.08. The lowest BCUT2D eigenvalue weighted by Gasteiger charge is -2.18. The summed E-state index contributed by atoms with van der Waals surface area (Å²) < 4.78 is 11.2. The number of halogens is 1. The van der Waals surface area contributed by atoms with Crippen LogP contribution in [0.15, 0.2) is 59.1 Å². The van der Waals surface area contributed by atoms with Crippen LogP contribution in [0.25, 0.3) is 22.8 Å². The van der Waals surface area contributed by atoms with E-state index in [1.165, 1.54) is 5.56 Å². The van der Waals surface area contributed by atoms with E-state index in [1.807, 2.05) is 43.3 Å². The van der Waals surface area contributed by atoms with Crippen LogP contribution in [0.1, 0.15) is 37.9 Å². The standard InChI is InChI=1S/C24H23ClN4O2/c1-15-12-20(27-22(26-15)17-6-5-7-19(25)13-17)30-14-21-28-23(29-31-21)16-8-10-18(11-9-16)24(2,3)4/h5-13H,14H2,1-4H3. The smallest absolute Gasteiger partial charge is 0.264 e. The third-order valence-corrected chi connectivity index (χ3v) is 4.97. The highest BCUT2D eigenvalue weighted by atomic mass is 35.5. The number of rotatable bonds is 5. The minimum absolute atomic E-state index is 0.0917. The molecular formula is C24H23ClN4O2. The number of nitrogens with zero attached hydrogens (tertiary/aromatic N) is 4. The van der Waals surface area contributed by atoms with E-state index in [2.05, 4.69) is 53.0 Å². The van der Waals surface area contributed by atoms with Gasteiger partial charge in [-0.05, 0) is 30.0 Å². The Kier molecular flexibility index (Phi) is 5.74. The summed E-state index contributed by atoms with van der Waals surface area (Å²) >= 11 is 6.08. The summed E-state index contributed by atoms with van der Waals surface area (Å²) in [6.45, 7) is 8.53. The molecule has 0 aliphatic rings. The van der Waals surface area contributed by atoms with Gasteiger partial charge in [-0.25, -0.2) is 4.98 Å². The zero-order valence-electron chi connectivity index (χ0n) is 17.9. The fourth-order valence-electron chi connectivity index (χ4n) is 3.06. The molecule has 0 saturated carbocycles. The quantitative estimate of drug-likeness (QED) is 0.381. The van der Waals surface area contributed by atoms with Crippen molar-refractivity contribution in [3.05, 3.63) is 76.8 Å². The minimum atomic E-state index is 0.0917. The molecule has 0 saturated heterocycles. The first-order valence-electron chi connectivity index (χ1n) is 9.96. The molecule has 0 radical (unpaired) electrons. The molecule has 0 amide bonds. The molecule has 0 N–H and O–H groups in total. The van der Waals surface area contributed by atoms with Crippen LogP contribution >= 0.6 is 11.6 Å². The highest BCUT2D eigenvalue weighted by molar-refractivity contribution is 6.30. The van der Waals surface area contributed by atoms with Gasteiger partial charge in [-0.2, -0.15) is 9.97 Å². The lowest BCUT2D eigenvalue weighted by molar-refractivity contribution is 0.235. The number of benzene rings is 2. The zero-order chi connectivity index (χ0) is 22.0. The second-order valence-electron chi connectivity index (χ2n) is 8.31. The Bertz CT molecular complexity index is 1200. The molecule has 2 aromatic heterocycles. The SMILES string of the molecule is Cc1cc(OCc2nc(-c3ccc(C(C)(C)C)cc3)no2)nc(-c2cccc(Cl)c2)n1. The van der Waals surface area contributed by atoms with Crippen LogP contribution in [0, 0.1) is 6.92 Å². The van der Waals surface area contributed by atoms with E-state index in [9.17, 15) is 0 Å². The maximum Gasteiger partial charge on any atom is 0.264 e. The maximum absolute atomic E-state index is 6.08. The molecule has 7 heteroatoms. The molecule has 0 spiro atoms. The Morgan fingerprint density at radius 3 is 2.39 bits per heavy atom. The Hall–Kier alpha value is -3.25. The summed E-state index contributed by atoms with van der Waals surface area (Å²) in [5.41, 5.74) is 3.83. The monoisotopic (exact) mass is 434 g/mol. The molecule has 0 unspecified atom stereocenters. The molecule has 158 valence electrons. The highest BCUT2D eigenvalue weighted by Crippen LogP contribution is 2.25. The lowest BCUT2D eigenvalue weighted by atomic mass is 9.87. The Balaban J connectivity index is 1.48. The molecule has 0 aliphatic heterocycles. The lowest BCUT2D eigenvalue weighted by Crippen LogP contribution is -2.10. The number of ether oxygens (including phenoxy) is 1. The summed E-state index contributed by atoms with van der Waals surface area (Å²) in [5, 5.41) is 4.69. The number of aromatic nitrogens is 4. The van der Waals surface area contributed by atoms with Gasteiger partial charge in [0.2, 0.25) is 11.7 Å². The highest BCUT2D eigenvalue weighted by Gasteiger charge is 2.15. The molecule has 0 bridgehead atoms. The average Bonchev–Trinajstić information content (AvgIpc) is 3.20. The second-order valence-corrected chi connectivity index (χ2v) is 8.75. The molecule has 0 atom stereocenters. The molecule has 2 aromatic carbocycles. The molecule has 2 heterocycles. The Morgan fingerprint density at radius 1 is 0.903 bits per heavy atom. The first kappa shape index (κ1) is 21.0. The van der Waals surface area contributed by atoms with Crippen molar-refractivity contribution < 1.29 is 9.26 Å². The van der Waals surface area contributed by atoms with Crippen LogP contribution in [0.2, 0.25) is 5.02 Å². The van der Waals surface area contributed by atoms with E-state index in [-0.39, 0.29) is 12.0 Å². The van der Waals surface area contributed by atoms with Crippen molar-refractivity contribution in [1.29, 1.82) is 0 Å². The van der Waals surface area contributed by atoms with Crippen molar-refractivity contribution >= 4 is 11.6 Å². The van der Waals surface area contributed by atoms with Crippen molar-refractivity contribution in [2.75, 3.05) is 0 Å². The average molecular weight is 435 g/mol. The molecule has 0 aliphatic carbocycles. The van der Waals surface area contributed by atoms with E-state index in [0.29, 0.717) is 28.4 Å². The zero-order valence-corrected chi connectivity index (χ0v) is 18.6. The van der Waals surface area contributed by atoms with Gasteiger partial charge in [-0.3, -0.25) is 0 Å². The summed E-state index contributed by atoms with van der Waals surface area (Å²) in [4.78, 5) is 13.4. The first-order chi connectivity index (χ1) is 14.8. The molecule has 4 rings (SSSR count). The van der Waals surface area contributed by atoms with Crippen molar-refractivity contribution in [2.45, 2.75) is 39.7 Å².